The van der Waals surface area contributed by atoms with Crippen molar-refractivity contribution in [1.29, 1.82) is 0 Å². The smallest absolute Gasteiger partial charge is 0.181 e. The van der Waals surface area contributed by atoms with Crippen molar-refractivity contribution in [3.05, 3.63) is 24.3 Å². The van der Waals surface area contributed by atoms with Crippen LogP contribution in [-0.2, 0) is 0 Å². The predicted molar refractivity (Wildman–Crippen MR) is 46.8 cm³/mol. The topological polar surface area (TPSA) is 29.5 Å². The van der Waals surface area contributed by atoms with Crippen LogP contribution in [-0.4, -0.2) is 5.11 Å². The zero-order valence-corrected chi connectivity index (χ0v) is 6.87. The quantitative estimate of drug-likeness (QED) is 0.641. The Morgan fingerprint density at radius 2 is 2.17 bits per heavy atom. The Bertz CT molecular complexity index is 307. The summed E-state index contributed by atoms with van der Waals surface area (Å²) in [5.74, 6) is 3.26. The molecular weight excluding hydrogens is 152 g/mol. The predicted octanol–water partition coefficient (Wildman–Crippen LogP) is 2.14. The second-order valence-electron chi connectivity index (χ2n) is 2.20. The molecule has 0 aliphatic rings. The number of aromatic hydroxyl groups is 1. The molecule has 0 heterocycles. The number of phenolic OH excluding ortho intramolecular Hbond substituents is 1. The first-order valence-electron chi connectivity index (χ1n) is 3.77. The highest BCUT2D eigenvalue weighted by Gasteiger charge is 1.96. The Balaban J connectivity index is 2.69. The van der Waals surface area contributed by atoms with Gasteiger partial charge in [0.2, 0.25) is 0 Å². The van der Waals surface area contributed by atoms with Gasteiger partial charge in [0.1, 0.15) is 6.11 Å². The number of phenols is 1. The van der Waals surface area contributed by atoms with Crippen LogP contribution in [0.2, 0.25) is 0 Å². The van der Waals surface area contributed by atoms with E-state index < -0.39 is 0 Å². The maximum Gasteiger partial charge on any atom is 0.181 e. The molecule has 2 heteroatoms. The van der Waals surface area contributed by atoms with Crippen LogP contribution in [0.5, 0.6) is 11.5 Å². The summed E-state index contributed by atoms with van der Waals surface area (Å²) in [5.41, 5.74) is 0. The van der Waals surface area contributed by atoms with E-state index in [4.69, 9.17) is 4.74 Å². The zero-order chi connectivity index (χ0) is 8.81. The number of hydrogen-bond donors (Lipinski definition) is 1. The maximum atomic E-state index is 9.22. The van der Waals surface area contributed by atoms with E-state index in [1.54, 1.807) is 24.3 Å². The minimum absolute atomic E-state index is 0.114. The normalized spacial score (nSPS) is 8.42. The van der Waals surface area contributed by atoms with Crippen LogP contribution in [0.15, 0.2) is 24.3 Å². The lowest BCUT2D eigenvalue weighted by molar-refractivity contribution is 0.424. The van der Waals surface area contributed by atoms with Gasteiger partial charge in [0.25, 0.3) is 0 Å². The van der Waals surface area contributed by atoms with E-state index in [2.05, 4.69) is 12.0 Å². The summed E-state index contributed by atoms with van der Waals surface area (Å²) in [6.45, 7) is 1.93. The monoisotopic (exact) mass is 162 g/mol. The molecule has 2 nitrogen and oxygen atoms in total. The van der Waals surface area contributed by atoms with Gasteiger partial charge in [0.15, 0.2) is 11.5 Å². The molecule has 0 aliphatic heterocycles. The molecule has 1 N–H and O–H groups in total. The minimum Gasteiger partial charge on any atom is -0.504 e. The van der Waals surface area contributed by atoms with Gasteiger partial charge in [-0.3, -0.25) is 0 Å². The van der Waals surface area contributed by atoms with Gasteiger partial charge in [-0.1, -0.05) is 25.0 Å². The number of hydrogen-bond acceptors (Lipinski definition) is 2. The number of rotatable bonds is 1. The molecule has 0 saturated heterocycles. The lowest BCUT2D eigenvalue weighted by Crippen LogP contribution is -1.82. The van der Waals surface area contributed by atoms with Gasteiger partial charge in [-0.15, -0.1) is 0 Å². The second kappa shape index (κ2) is 4.30. The summed E-state index contributed by atoms with van der Waals surface area (Å²) in [5, 5.41) is 9.22. The van der Waals surface area contributed by atoms with Crippen LogP contribution < -0.4 is 4.74 Å². The maximum absolute atomic E-state index is 9.22. The first-order chi connectivity index (χ1) is 5.84. The average molecular weight is 162 g/mol. The average Bonchev–Trinajstić information content (AvgIpc) is 2.09. The van der Waals surface area contributed by atoms with Gasteiger partial charge in [-0.2, -0.15) is 0 Å². The fourth-order valence-electron chi connectivity index (χ4n) is 0.707. The number of para-hydroxylation sites is 2. The van der Waals surface area contributed by atoms with Crippen LogP contribution in [0.1, 0.15) is 13.3 Å². The van der Waals surface area contributed by atoms with Gasteiger partial charge >= 0.3 is 0 Å². The molecule has 0 radical (unpaired) electrons. The first kappa shape index (κ1) is 8.48. The van der Waals surface area contributed by atoms with E-state index in [1.807, 2.05) is 6.92 Å². The summed E-state index contributed by atoms with van der Waals surface area (Å²) in [4.78, 5) is 0. The number of benzene rings is 1. The molecule has 12 heavy (non-hydrogen) atoms. The van der Waals surface area contributed by atoms with Crippen molar-refractivity contribution in [1.82, 2.24) is 0 Å². The summed E-state index contributed by atoms with van der Waals surface area (Å²) in [6.07, 6.45) is 3.23. The van der Waals surface area contributed by atoms with Gasteiger partial charge < -0.3 is 9.84 Å². The highest BCUT2D eigenvalue weighted by molar-refractivity contribution is 5.38. The molecule has 0 bridgehead atoms. The molecule has 0 aliphatic carbocycles. The minimum atomic E-state index is 0.114. The van der Waals surface area contributed by atoms with Crippen molar-refractivity contribution in [2.75, 3.05) is 0 Å². The van der Waals surface area contributed by atoms with Gasteiger partial charge in [-0.05, 0) is 12.1 Å². The molecule has 1 rings (SSSR count). The molecule has 1 aromatic rings. The molecule has 0 spiro atoms. The summed E-state index contributed by atoms with van der Waals surface area (Å²) >= 11 is 0. The Hall–Kier alpha value is -1.62. The molecule has 1 aromatic carbocycles. The Morgan fingerprint density at radius 3 is 2.83 bits per heavy atom. The third kappa shape index (κ3) is 2.21. The van der Waals surface area contributed by atoms with Crippen molar-refractivity contribution in [3.8, 4) is 23.5 Å². The van der Waals surface area contributed by atoms with E-state index >= 15 is 0 Å². The van der Waals surface area contributed by atoms with E-state index in [0.29, 0.717) is 5.75 Å². The van der Waals surface area contributed by atoms with Crippen molar-refractivity contribution < 1.29 is 9.84 Å². The summed E-state index contributed by atoms with van der Waals surface area (Å²) in [7, 11) is 0. The van der Waals surface area contributed by atoms with Crippen LogP contribution in [0.3, 0.4) is 0 Å². The zero-order valence-electron chi connectivity index (χ0n) is 6.87. The first-order valence-corrected chi connectivity index (χ1v) is 3.77. The molecule has 0 saturated carbocycles. The second-order valence-corrected chi connectivity index (χ2v) is 2.20. The van der Waals surface area contributed by atoms with Gasteiger partial charge in [0.05, 0.1) is 0 Å². The molecule has 0 unspecified atom stereocenters. The lowest BCUT2D eigenvalue weighted by atomic mass is 10.3. The van der Waals surface area contributed by atoms with Crippen LogP contribution in [0, 0.1) is 12.0 Å². The van der Waals surface area contributed by atoms with Crippen molar-refractivity contribution in [2.24, 2.45) is 0 Å². The lowest BCUT2D eigenvalue weighted by Gasteiger charge is -1.98. The molecule has 0 amide bonds. The summed E-state index contributed by atoms with van der Waals surface area (Å²) < 4.78 is 4.97. The van der Waals surface area contributed by atoms with E-state index in [9.17, 15) is 5.11 Å². The largest absolute Gasteiger partial charge is 0.504 e. The Kier molecular flexibility index (Phi) is 3.04. The fourth-order valence-corrected chi connectivity index (χ4v) is 0.707. The van der Waals surface area contributed by atoms with Crippen molar-refractivity contribution in [3.63, 3.8) is 0 Å². The van der Waals surface area contributed by atoms with Gasteiger partial charge in [-0.25, -0.2) is 0 Å². The van der Waals surface area contributed by atoms with E-state index in [1.165, 1.54) is 0 Å². The van der Waals surface area contributed by atoms with Crippen LogP contribution in [0.25, 0.3) is 0 Å². The highest BCUT2D eigenvalue weighted by Crippen LogP contribution is 2.23. The third-order valence-corrected chi connectivity index (χ3v) is 1.28. The molecule has 62 valence electrons. The van der Waals surface area contributed by atoms with Crippen LogP contribution >= 0.6 is 0 Å². The SMILES string of the molecule is CCC#COc1ccccc1O. The van der Waals surface area contributed by atoms with E-state index in [0.717, 1.165) is 6.42 Å². The molecule has 0 aromatic heterocycles. The Labute approximate surface area is 71.8 Å². The molecule has 0 atom stereocenters. The van der Waals surface area contributed by atoms with Crippen molar-refractivity contribution >= 4 is 0 Å². The summed E-state index contributed by atoms with van der Waals surface area (Å²) in [6, 6.07) is 6.74. The fraction of sp³-hybridized carbons (Fsp3) is 0.200. The molecular formula is C10H10O2. The highest BCUT2D eigenvalue weighted by atomic mass is 16.5. The molecule has 0 fully saturated rings. The third-order valence-electron chi connectivity index (χ3n) is 1.28. The van der Waals surface area contributed by atoms with Crippen LogP contribution in [0.4, 0.5) is 0 Å². The standard InChI is InChI=1S/C10H10O2/c1-2-3-8-12-10-7-5-4-6-9(10)11/h4-7,11H,2H2,1H3. The Morgan fingerprint density at radius 1 is 1.42 bits per heavy atom. The number of ether oxygens (including phenoxy) is 1. The van der Waals surface area contributed by atoms with Gasteiger partial charge in [0, 0.05) is 6.42 Å². The van der Waals surface area contributed by atoms with Crippen molar-refractivity contribution in [2.45, 2.75) is 13.3 Å². The van der Waals surface area contributed by atoms with E-state index in [-0.39, 0.29) is 5.75 Å².